The van der Waals surface area contributed by atoms with Crippen molar-refractivity contribution in [2.24, 2.45) is 0 Å². The van der Waals surface area contributed by atoms with Crippen molar-refractivity contribution in [3.63, 3.8) is 0 Å². The predicted octanol–water partition coefficient (Wildman–Crippen LogP) is 1.46. The first-order valence-electron chi connectivity index (χ1n) is 7.30. The normalized spacial score (nSPS) is 12.8. The van der Waals surface area contributed by atoms with Gasteiger partial charge in [-0.25, -0.2) is 0 Å². The molecule has 1 N–H and O–H groups in total. The molecular formula is C14H31NO4. The van der Waals surface area contributed by atoms with E-state index in [1.807, 2.05) is 14.0 Å². The Bertz CT molecular complexity index is 170. The highest BCUT2D eigenvalue weighted by Crippen LogP contribution is 1.89. The van der Waals surface area contributed by atoms with Gasteiger partial charge in [0.2, 0.25) is 0 Å². The predicted molar refractivity (Wildman–Crippen MR) is 76.7 cm³/mol. The Balaban J connectivity index is 2.99. The molecule has 5 nitrogen and oxygen atoms in total. The van der Waals surface area contributed by atoms with Gasteiger partial charge in [-0.05, 0) is 20.4 Å². The first kappa shape index (κ1) is 18.8. The number of ether oxygens (including phenoxy) is 4. The van der Waals surface area contributed by atoms with E-state index in [1.54, 1.807) is 0 Å². The summed E-state index contributed by atoms with van der Waals surface area (Å²) in [6.45, 7) is 9.67. The van der Waals surface area contributed by atoms with Crippen molar-refractivity contribution in [2.45, 2.75) is 32.8 Å². The second-order valence-electron chi connectivity index (χ2n) is 4.43. The molecule has 0 radical (unpaired) electrons. The first-order valence-corrected chi connectivity index (χ1v) is 7.30. The summed E-state index contributed by atoms with van der Waals surface area (Å²) in [6, 6.07) is 0. The van der Waals surface area contributed by atoms with Gasteiger partial charge < -0.3 is 24.3 Å². The van der Waals surface area contributed by atoms with E-state index in [-0.39, 0.29) is 6.10 Å². The molecule has 19 heavy (non-hydrogen) atoms. The van der Waals surface area contributed by atoms with Crippen LogP contribution in [0.5, 0.6) is 0 Å². The van der Waals surface area contributed by atoms with Crippen molar-refractivity contribution in [3.05, 3.63) is 0 Å². The third-order valence-electron chi connectivity index (χ3n) is 2.51. The number of rotatable bonds is 15. The summed E-state index contributed by atoms with van der Waals surface area (Å²) in [6.07, 6.45) is 2.52. The Morgan fingerprint density at radius 1 is 0.842 bits per heavy atom. The van der Waals surface area contributed by atoms with Gasteiger partial charge in [0.1, 0.15) is 0 Å². The fourth-order valence-corrected chi connectivity index (χ4v) is 1.44. The number of hydrogen-bond donors (Lipinski definition) is 1. The average Bonchev–Trinajstić information content (AvgIpc) is 2.40. The van der Waals surface area contributed by atoms with Crippen molar-refractivity contribution in [3.8, 4) is 0 Å². The van der Waals surface area contributed by atoms with E-state index in [4.69, 9.17) is 18.9 Å². The summed E-state index contributed by atoms with van der Waals surface area (Å²) < 4.78 is 21.7. The lowest BCUT2D eigenvalue weighted by molar-refractivity contribution is -0.0144. The van der Waals surface area contributed by atoms with E-state index < -0.39 is 0 Å². The summed E-state index contributed by atoms with van der Waals surface area (Å²) in [4.78, 5) is 0. The second kappa shape index (κ2) is 15.9. The van der Waals surface area contributed by atoms with Gasteiger partial charge >= 0.3 is 0 Å². The molecule has 0 heterocycles. The Morgan fingerprint density at radius 2 is 1.37 bits per heavy atom. The zero-order valence-corrected chi connectivity index (χ0v) is 12.8. The number of unbranched alkanes of at least 4 members (excludes halogenated alkanes) is 1. The maximum atomic E-state index is 5.52. The van der Waals surface area contributed by atoms with Gasteiger partial charge in [0.15, 0.2) is 0 Å². The van der Waals surface area contributed by atoms with Crippen LogP contribution in [0.2, 0.25) is 0 Å². The smallest absolute Gasteiger partial charge is 0.0704 e. The molecule has 0 rings (SSSR count). The van der Waals surface area contributed by atoms with Crippen LogP contribution in [0.1, 0.15) is 26.7 Å². The van der Waals surface area contributed by atoms with Crippen LogP contribution in [-0.2, 0) is 18.9 Å². The topological polar surface area (TPSA) is 49.0 Å². The molecule has 116 valence electrons. The molecule has 0 aliphatic rings. The fourth-order valence-electron chi connectivity index (χ4n) is 1.44. The molecule has 0 aliphatic carbocycles. The highest BCUT2D eigenvalue weighted by molar-refractivity contribution is 4.50. The summed E-state index contributed by atoms with van der Waals surface area (Å²) in [7, 11) is 1.92. The highest BCUT2D eigenvalue weighted by Gasteiger charge is 1.99. The van der Waals surface area contributed by atoms with Crippen LogP contribution in [0.15, 0.2) is 0 Å². The van der Waals surface area contributed by atoms with Crippen LogP contribution >= 0.6 is 0 Å². The Labute approximate surface area is 117 Å². The van der Waals surface area contributed by atoms with E-state index in [9.17, 15) is 0 Å². The maximum absolute atomic E-state index is 5.52. The molecule has 0 fully saturated rings. The fraction of sp³-hybridized carbons (Fsp3) is 1.00. The van der Waals surface area contributed by atoms with Gasteiger partial charge in [0.25, 0.3) is 0 Å². The lowest BCUT2D eigenvalue weighted by Gasteiger charge is -2.12. The first-order chi connectivity index (χ1) is 9.31. The van der Waals surface area contributed by atoms with Crippen molar-refractivity contribution < 1.29 is 18.9 Å². The molecule has 0 saturated heterocycles. The highest BCUT2D eigenvalue weighted by atomic mass is 16.6. The van der Waals surface area contributed by atoms with E-state index in [1.165, 1.54) is 6.42 Å². The summed E-state index contributed by atoms with van der Waals surface area (Å²) >= 11 is 0. The molecule has 0 aliphatic heterocycles. The molecule has 0 bridgehead atoms. The van der Waals surface area contributed by atoms with Crippen LogP contribution in [0.25, 0.3) is 0 Å². The molecule has 0 amide bonds. The van der Waals surface area contributed by atoms with Crippen LogP contribution in [-0.4, -0.2) is 65.9 Å². The second-order valence-corrected chi connectivity index (χ2v) is 4.43. The largest absolute Gasteiger partial charge is 0.379 e. The zero-order valence-electron chi connectivity index (χ0n) is 12.8. The molecular weight excluding hydrogens is 246 g/mol. The molecule has 0 spiro atoms. The summed E-state index contributed by atoms with van der Waals surface area (Å²) in [5.41, 5.74) is 0. The Hall–Kier alpha value is -0.200. The zero-order chi connectivity index (χ0) is 14.2. The molecule has 0 aromatic heterocycles. The minimum Gasteiger partial charge on any atom is -0.379 e. The molecule has 0 aromatic carbocycles. The average molecular weight is 277 g/mol. The van der Waals surface area contributed by atoms with Gasteiger partial charge in [-0.3, -0.25) is 0 Å². The standard InChI is InChI=1S/C14H31NO4/c1-4-5-6-16-7-8-17-9-10-18-11-12-19-14(2)13-15-3/h14-15H,4-13H2,1-3H3. The van der Waals surface area contributed by atoms with E-state index in [0.717, 1.165) is 19.6 Å². The summed E-state index contributed by atoms with van der Waals surface area (Å²) in [5, 5.41) is 3.06. The van der Waals surface area contributed by atoms with E-state index >= 15 is 0 Å². The van der Waals surface area contributed by atoms with Crippen LogP contribution in [0.3, 0.4) is 0 Å². The maximum Gasteiger partial charge on any atom is 0.0704 e. The number of hydrogen-bond acceptors (Lipinski definition) is 5. The summed E-state index contributed by atoms with van der Waals surface area (Å²) in [5.74, 6) is 0. The van der Waals surface area contributed by atoms with Gasteiger partial charge in [0.05, 0.1) is 45.7 Å². The quantitative estimate of drug-likeness (QED) is 0.459. The van der Waals surface area contributed by atoms with Gasteiger partial charge in [-0.2, -0.15) is 0 Å². The minimum absolute atomic E-state index is 0.227. The van der Waals surface area contributed by atoms with Gasteiger partial charge in [-0.1, -0.05) is 13.3 Å². The SMILES string of the molecule is CCCCOCCOCCOCCOC(C)CNC. The van der Waals surface area contributed by atoms with E-state index in [0.29, 0.717) is 39.6 Å². The van der Waals surface area contributed by atoms with Crippen LogP contribution in [0, 0.1) is 0 Å². The van der Waals surface area contributed by atoms with Crippen molar-refractivity contribution in [1.29, 1.82) is 0 Å². The molecule has 5 heteroatoms. The van der Waals surface area contributed by atoms with Crippen molar-refractivity contribution in [2.75, 3.05) is 59.8 Å². The van der Waals surface area contributed by atoms with Crippen molar-refractivity contribution in [1.82, 2.24) is 5.32 Å². The Morgan fingerprint density at radius 3 is 1.89 bits per heavy atom. The third-order valence-corrected chi connectivity index (χ3v) is 2.51. The monoisotopic (exact) mass is 277 g/mol. The number of likely N-dealkylation sites (N-methyl/N-ethyl adjacent to an activating group) is 1. The van der Waals surface area contributed by atoms with Gasteiger partial charge in [0, 0.05) is 13.2 Å². The molecule has 0 saturated carbocycles. The van der Waals surface area contributed by atoms with Crippen LogP contribution in [0.4, 0.5) is 0 Å². The number of nitrogens with one attached hydrogen (secondary N) is 1. The minimum atomic E-state index is 0.227. The molecule has 1 atom stereocenters. The van der Waals surface area contributed by atoms with Crippen LogP contribution < -0.4 is 5.32 Å². The lowest BCUT2D eigenvalue weighted by Crippen LogP contribution is -2.25. The lowest BCUT2D eigenvalue weighted by atomic mass is 10.4. The van der Waals surface area contributed by atoms with E-state index in [2.05, 4.69) is 12.2 Å². The van der Waals surface area contributed by atoms with Crippen molar-refractivity contribution >= 4 is 0 Å². The molecule has 0 aromatic rings. The third kappa shape index (κ3) is 15.7. The molecule has 1 unspecified atom stereocenters. The Kier molecular flexibility index (Phi) is 15.7. The van der Waals surface area contributed by atoms with Gasteiger partial charge in [-0.15, -0.1) is 0 Å².